The number of benzene rings is 2. The number of aromatic nitrogens is 2. The molecule has 0 aliphatic rings. The van der Waals surface area contributed by atoms with Crippen molar-refractivity contribution in [1.29, 1.82) is 0 Å². The van der Waals surface area contributed by atoms with Crippen LogP contribution in [0.4, 0.5) is 0 Å². The van der Waals surface area contributed by atoms with Crippen molar-refractivity contribution in [1.82, 2.24) is 10.2 Å². The zero-order valence-electron chi connectivity index (χ0n) is 13.4. The highest BCUT2D eigenvalue weighted by atomic mass is 16.5. The molecular weight excluding hydrogens is 316 g/mol. The number of nitrogens with zero attached hydrogens (tertiary/aromatic N) is 2. The number of carboxylic acid groups (broad SMARTS) is 1. The fourth-order valence-electron chi connectivity index (χ4n) is 2.21. The molecule has 1 aromatic heterocycles. The zero-order valence-corrected chi connectivity index (χ0v) is 13.4. The Labute approximate surface area is 145 Å². The predicted octanol–water partition coefficient (Wildman–Crippen LogP) is 3.92. The summed E-state index contributed by atoms with van der Waals surface area (Å²) in [5.74, 6) is -0.333. The third kappa shape index (κ3) is 4.51. The van der Waals surface area contributed by atoms with Gasteiger partial charge in [-0.15, -0.1) is 5.10 Å². The maximum absolute atomic E-state index is 10.8. The Hall–Kier alpha value is -3.47. The molecule has 5 nitrogen and oxygen atoms in total. The van der Waals surface area contributed by atoms with E-state index in [2.05, 4.69) is 10.2 Å². The molecule has 1 N–H and O–H groups in total. The summed E-state index contributed by atoms with van der Waals surface area (Å²) in [7, 11) is 0. The van der Waals surface area contributed by atoms with Crippen LogP contribution >= 0.6 is 0 Å². The van der Waals surface area contributed by atoms with E-state index in [0.717, 1.165) is 16.9 Å². The van der Waals surface area contributed by atoms with E-state index in [1.54, 1.807) is 12.1 Å². The summed E-state index contributed by atoms with van der Waals surface area (Å²) < 4.78 is 5.90. The Bertz CT molecular complexity index is 875. The first-order valence-electron chi connectivity index (χ1n) is 7.73. The van der Waals surface area contributed by atoms with Gasteiger partial charge in [-0.05, 0) is 35.9 Å². The molecule has 0 atom stereocenters. The third-order valence-corrected chi connectivity index (χ3v) is 3.49. The van der Waals surface area contributed by atoms with Crippen molar-refractivity contribution in [3.8, 4) is 5.75 Å². The molecule has 1 heterocycles. The van der Waals surface area contributed by atoms with Crippen molar-refractivity contribution in [3.63, 3.8) is 0 Å². The van der Waals surface area contributed by atoms with Gasteiger partial charge in [0.25, 0.3) is 0 Å². The second-order valence-corrected chi connectivity index (χ2v) is 5.29. The van der Waals surface area contributed by atoms with E-state index in [-0.39, 0.29) is 5.69 Å². The quantitative estimate of drug-likeness (QED) is 0.740. The van der Waals surface area contributed by atoms with Crippen molar-refractivity contribution >= 4 is 18.1 Å². The van der Waals surface area contributed by atoms with Crippen molar-refractivity contribution in [2.24, 2.45) is 0 Å². The average molecular weight is 332 g/mol. The SMILES string of the molecule is O=C(O)c1ccc(/C=C/c2ccccc2OCc2ccccc2)nn1. The molecule has 0 aliphatic carbocycles. The van der Waals surface area contributed by atoms with Crippen molar-refractivity contribution < 1.29 is 14.6 Å². The lowest BCUT2D eigenvalue weighted by atomic mass is 10.1. The van der Waals surface area contributed by atoms with Crippen LogP contribution in [0.15, 0.2) is 66.7 Å². The first kappa shape index (κ1) is 16.4. The molecule has 0 bridgehead atoms. The molecule has 25 heavy (non-hydrogen) atoms. The van der Waals surface area contributed by atoms with Crippen molar-refractivity contribution in [2.75, 3.05) is 0 Å². The first-order chi connectivity index (χ1) is 12.2. The van der Waals surface area contributed by atoms with Crippen LogP contribution in [-0.4, -0.2) is 21.3 Å². The van der Waals surface area contributed by atoms with E-state index in [9.17, 15) is 4.79 Å². The smallest absolute Gasteiger partial charge is 0.356 e. The molecular formula is C20H16N2O3. The summed E-state index contributed by atoms with van der Waals surface area (Å²) in [6, 6.07) is 20.7. The van der Waals surface area contributed by atoms with Crippen LogP contribution in [0.5, 0.6) is 5.75 Å². The molecule has 0 radical (unpaired) electrons. The van der Waals surface area contributed by atoms with Crippen LogP contribution in [0.25, 0.3) is 12.2 Å². The molecule has 0 fully saturated rings. The fourth-order valence-corrected chi connectivity index (χ4v) is 2.21. The zero-order chi connectivity index (χ0) is 17.5. The van der Waals surface area contributed by atoms with E-state index in [4.69, 9.17) is 9.84 Å². The normalized spacial score (nSPS) is 10.7. The first-order valence-corrected chi connectivity index (χ1v) is 7.73. The molecule has 2 aromatic carbocycles. The van der Waals surface area contributed by atoms with Gasteiger partial charge < -0.3 is 9.84 Å². The van der Waals surface area contributed by atoms with Gasteiger partial charge in [-0.25, -0.2) is 4.79 Å². The van der Waals surface area contributed by atoms with Crippen molar-refractivity contribution in [3.05, 3.63) is 89.2 Å². The highest BCUT2D eigenvalue weighted by Crippen LogP contribution is 2.21. The van der Waals surface area contributed by atoms with Crippen LogP contribution < -0.4 is 4.74 Å². The Morgan fingerprint density at radius 3 is 2.40 bits per heavy atom. The molecule has 0 saturated carbocycles. The van der Waals surface area contributed by atoms with Gasteiger partial charge in [-0.3, -0.25) is 0 Å². The standard InChI is InChI=1S/C20H16N2O3/c23-20(24)18-13-12-17(21-22-18)11-10-16-8-4-5-9-19(16)25-14-15-6-2-1-3-7-15/h1-13H,14H2,(H,23,24)/b11-10+. The minimum atomic E-state index is -1.09. The number of carbonyl (C=O) groups is 1. The summed E-state index contributed by atoms with van der Waals surface area (Å²) in [5.41, 5.74) is 2.49. The second kappa shape index (κ2) is 7.88. The van der Waals surface area contributed by atoms with Gasteiger partial charge in [-0.2, -0.15) is 5.10 Å². The van der Waals surface area contributed by atoms with Crippen LogP contribution in [0, 0.1) is 0 Å². The topological polar surface area (TPSA) is 72.3 Å². The maximum atomic E-state index is 10.8. The Morgan fingerprint density at radius 2 is 1.68 bits per heavy atom. The van der Waals surface area contributed by atoms with Gasteiger partial charge in [0.15, 0.2) is 5.69 Å². The lowest BCUT2D eigenvalue weighted by Crippen LogP contribution is -2.01. The maximum Gasteiger partial charge on any atom is 0.356 e. The summed E-state index contributed by atoms with van der Waals surface area (Å²) in [6.45, 7) is 0.485. The highest BCUT2D eigenvalue weighted by molar-refractivity contribution is 5.85. The number of aromatic carboxylic acids is 1. The van der Waals surface area contributed by atoms with Crippen LogP contribution in [0.2, 0.25) is 0 Å². The summed E-state index contributed by atoms with van der Waals surface area (Å²) >= 11 is 0. The van der Waals surface area contributed by atoms with E-state index < -0.39 is 5.97 Å². The van der Waals surface area contributed by atoms with E-state index in [1.165, 1.54) is 6.07 Å². The lowest BCUT2D eigenvalue weighted by molar-refractivity contribution is 0.0689. The highest BCUT2D eigenvalue weighted by Gasteiger charge is 2.04. The van der Waals surface area contributed by atoms with E-state index >= 15 is 0 Å². The van der Waals surface area contributed by atoms with Crippen LogP contribution in [0.1, 0.15) is 27.3 Å². The molecule has 0 spiro atoms. The number of hydrogen-bond acceptors (Lipinski definition) is 4. The lowest BCUT2D eigenvalue weighted by Gasteiger charge is -2.09. The Kier molecular flexibility index (Phi) is 5.16. The second-order valence-electron chi connectivity index (χ2n) is 5.29. The number of para-hydroxylation sites is 1. The predicted molar refractivity (Wildman–Crippen MR) is 95.1 cm³/mol. The summed E-state index contributed by atoms with van der Waals surface area (Å²) in [5, 5.41) is 16.4. The number of carboxylic acids is 1. The van der Waals surface area contributed by atoms with Gasteiger partial charge in [0, 0.05) is 5.56 Å². The van der Waals surface area contributed by atoms with Gasteiger partial charge in [0.2, 0.25) is 0 Å². The monoisotopic (exact) mass is 332 g/mol. The number of ether oxygens (including phenoxy) is 1. The molecule has 124 valence electrons. The number of hydrogen-bond donors (Lipinski definition) is 1. The molecule has 3 aromatic rings. The van der Waals surface area contributed by atoms with Gasteiger partial charge >= 0.3 is 5.97 Å². The third-order valence-electron chi connectivity index (χ3n) is 3.49. The van der Waals surface area contributed by atoms with E-state index in [0.29, 0.717) is 12.3 Å². The molecule has 5 heteroatoms. The van der Waals surface area contributed by atoms with Crippen LogP contribution in [0.3, 0.4) is 0 Å². The van der Waals surface area contributed by atoms with Crippen LogP contribution in [-0.2, 0) is 6.61 Å². The van der Waals surface area contributed by atoms with Crippen molar-refractivity contribution in [2.45, 2.75) is 6.61 Å². The molecule has 0 amide bonds. The number of rotatable bonds is 6. The molecule has 0 saturated heterocycles. The Balaban J connectivity index is 1.73. The minimum absolute atomic E-state index is 0.0799. The molecule has 3 rings (SSSR count). The fraction of sp³-hybridized carbons (Fsp3) is 0.0500. The van der Waals surface area contributed by atoms with E-state index in [1.807, 2.05) is 60.7 Å². The van der Waals surface area contributed by atoms with Gasteiger partial charge in [0.05, 0.1) is 5.69 Å². The summed E-state index contributed by atoms with van der Waals surface area (Å²) in [4.78, 5) is 10.8. The molecule has 0 unspecified atom stereocenters. The molecule has 0 aliphatic heterocycles. The van der Waals surface area contributed by atoms with Gasteiger partial charge in [-0.1, -0.05) is 48.5 Å². The van der Waals surface area contributed by atoms with Gasteiger partial charge in [0.1, 0.15) is 12.4 Å². The average Bonchev–Trinajstić information content (AvgIpc) is 2.66. The summed E-state index contributed by atoms with van der Waals surface area (Å²) in [6.07, 6.45) is 3.63. The Morgan fingerprint density at radius 1 is 0.920 bits per heavy atom. The minimum Gasteiger partial charge on any atom is -0.488 e. The largest absolute Gasteiger partial charge is 0.488 e.